The predicted octanol–water partition coefficient (Wildman–Crippen LogP) is 3.21. The Hall–Kier alpha value is -2.17. The van der Waals surface area contributed by atoms with Crippen molar-refractivity contribution in [3.63, 3.8) is 0 Å². The molecule has 2 aromatic heterocycles. The van der Waals surface area contributed by atoms with Gasteiger partial charge in [-0.3, -0.25) is 0 Å². The summed E-state index contributed by atoms with van der Waals surface area (Å²) in [7, 11) is 0. The number of hydrogen-bond acceptors (Lipinski definition) is 5. The van der Waals surface area contributed by atoms with Crippen LogP contribution in [-0.2, 0) is 6.54 Å². The standard InChI is InChI=1S/C16H21N3O2/c1-2-9-21-16-14(17)7-8-15(18-16)19(12-5-6-12)11-13-4-3-10-20-13/h3-4,7-8,10,12H,2,5-6,9,11,17H2,1H3. The second-order valence-electron chi connectivity index (χ2n) is 5.35. The van der Waals surface area contributed by atoms with Gasteiger partial charge in [-0.2, -0.15) is 4.98 Å². The Bertz CT molecular complexity index is 579. The van der Waals surface area contributed by atoms with Crippen molar-refractivity contribution in [3.8, 4) is 5.88 Å². The van der Waals surface area contributed by atoms with E-state index in [1.165, 1.54) is 12.8 Å². The number of rotatable bonds is 7. The van der Waals surface area contributed by atoms with Crippen molar-refractivity contribution in [2.24, 2.45) is 0 Å². The van der Waals surface area contributed by atoms with E-state index in [2.05, 4.69) is 16.8 Å². The van der Waals surface area contributed by atoms with Crippen LogP contribution in [-0.4, -0.2) is 17.6 Å². The van der Waals surface area contributed by atoms with E-state index in [4.69, 9.17) is 14.9 Å². The van der Waals surface area contributed by atoms with Gasteiger partial charge in [0.15, 0.2) is 0 Å². The van der Waals surface area contributed by atoms with Crippen LogP contribution < -0.4 is 15.4 Å². The van der Waals surface area contributed by atoms with E-state index in [9.17, 15) is 0 Å². The van der Waals surface area contributed by atoms with Crippen molar-refractivity contribution < 1.29 is 9.15 Å². The maximum absolute atomic E-state index is 5.93. The van der Waals surface area contributed by atoms with Crippen LogP contribution in [0.3, 0.4) is 0 Å². The molecule has 0 aromatic carbocycles. The SMILES string of the molecule is CCCOc1nc(N(Cc2ccco2)C2CC2)ccc1N. The highest BCUT2D eigenvalue weighted by Gasteiger charge is 2.31. The lowest BCUT2D eigenvalue weighted by Gasteiger charge is -2.23. The molecule has 5 nitrogen and oxygen atoms in total. The molecule has 1 saturated carbocycles. The molecule has 0 atom stereocenters. The third kappa shape index (κ3) is 3.29. The monoisotopic (exact) mass is 287 g/mol. The number of aromatic nitrogens is 1. The molecular formula is C16H21N3O2. The van der Waals surface area contributed by atoms with Gasteiger partial charge in [0.05, 0.1) is 25.1 Å². The fraction of sp³-hybridized carbons (Fsp3) is 0.438. The van der Waals surface area contributed by atoms with Crippen molar-refractivity contribution in [1.29, 1.82) is 0 Å². The van der Waals surface area contributed by atoms with E-state index in [0.717, 1.165) is 24.5 Å². The Labute approximate surface area is 124 Å². The summed E-state index contributed by atoms with van der Waals surface area (Å²) >= 11 is 0. The average Bonchev–Trinajstić information content (AvgIpc) is 3.21. The fourth-order valence-corrected chi connectivity index (χ4v) is 2.27. The van der Waals surface area contributed by atoms with Crippen molar-refractivity contribution in [3.05, 3.63) is 36.3 Å². The van der Waals surface area contributed by atoms with Crippen molar-refractivity contribution in [2.75, 3.05) is 17.2 Å². The van der Waals surface area contributed by atoms with Gasteiger partial charge in [0.25, 0.3) is 0 Å². The predicted molar refractivity (Wildman–Crippen MR) is 82.3 cm³/mol. The molecule has 3 rings (SSSR count). The Morgan fingerprint density at radius 3 is 2.90 bits per heavy atom. The molecule has 0 radical (unpaired) electrons. The maximum atomic E-state index is 5.93. The highest BCUT2D eigenvalue weighted by molar-refractivity contribution is 5.55. The summed E-state index contributed by atoms with van der Waals surface area (Å²) in [6.07, 6.45) is 5.02. The number of anilines is 2. The Balaban J connectivity index is 1.81. The summed E-state index contributed by atoms with van der Waals surface area (Å²) < 4.78 is 11.1. The molecule has 2 N–H and O–H groups in total. The van der Waals surface area contributed by atoms with Gasteiger partial charge in [0.2, 0.25) is 5.88 Å². The highest BCUT2D eigenvalue weighted by Crippen LogP contribution is 2.34. The minimum atomic E-state index is 0.527. The van der Waals surface area contributed by atoms with E-state index in [1.54, 1.807) is 6.26 Å². The van der Waals surface area contributed by atoms with Gasteiger partial charge in [-0.15, -0.1) is 0 Å². The highest BCUT2D eigenvalue weighted by atomic mass is 16.5. The largest absolute Gasteiger partial charge is 0.476 e. The lowest BCUT2D eigenvalue weighted by Crippen LogP contribution is -2.26. The van der Waals surface area contributed by atoms with Crippen LogP contribution in [0.2, 0.25) is 0 Å². The lowest BCUT2D eigenvalue weighted by molar-refractivity contribution is 0.307. The number of ether oxygens (including phenoxy) is 1. The minimum absolute atomic E-state index is 0.527. The van der Waals surface area contributed by atoms with Gasteiger partial charge in [0, 0.05) is 6.04 Å². The van der Waals surface area contributed by atoms with Crippen LogP contribution in [0, 0.1) is 0 Å². The quantitative estimate of drug-likeness (QED) is 0.847. The number of nitrogens with zero attached hydrogens (tertiary/aromatic N) is 2. The maximum Gasteiger partial charge on any atom is 0.239 e. The fourth-order valence-electron chi connectivity index (χ4n) is 2.27. The number of nitrogen functional groups attached to an aromatic ring is 1. The summed E-state index contributed by atoms with van der Waals surface area (Å²) in [6, 6.07) is 8.25. The average molecular weight is 287 g/mol. The molecule has 0 saturated heterocycles. The zero-order valence-corrected chi connectivity index (χ0v) is 12.3. The first-order chi connectivity index (χ1) is 10.3. The third-order valence-electron chi connectivity index (χ3n) is 3.51. The zero-order valence-electron chi connectivity index (χ0n) is 12.3. The molecule has 0 aliphatic heterocycles. The van der Waals surface area contributed by atoms with Crippen LogP contribution in [0.4, 0.5) is 11.5 Å². The molecule has 21 heavy (non-hydrogen) atoms. The molecule has 0 spiro atoms. The van der Waals surface area contributed by atoms with Gasteiger partial charge in [0.1, 0.15) is 11.6 Å². The summed E-state index contributed by atoms with van der Waals surface area (Å²) in [5.41, 5.74) is 6.52. The molecule has 1 aliphatic carbocycles. The van der Waals surface area contributed by atoms with Crippen LogP contribution in [0.1, 0.15) is 31.9 Å². The zero-order chi connectivity index (χ0) is 14.7. The van der Waals surface area contributed by atoms with E-state index in [-0.39, 0.29) is 0 Å². The Morgan fingerprint density at radius 1 is 1.38 bits per heavy atom. The van der Waals surface area contributed by atoms with Gasteiger partial charge >= 0.3 is 0 Å². The topological polar surface area (TPSA) is 64.5 Å². The molecule has 1 aliphatic rings. The van der Waals surface area contributed by atoms with Gasteiger partial charge in [-0.05, 0) is 43.5 Å². The minimum Gasteiger partial charge on any atom is -0.476 e. The first-order valence-electron chi connectivity index (χ1n) is 7.46. The number of furan rings is 1. The van der Waals surface area contributed by atoms with E-state index < -0.39 is 0 Å². The molecule has 2 heterocycles. The second kappa shape index (κ2) is 6.08. The molecule has 0 amide bonds. The summed E-state index contributed by atoms with van der Waals surface area (Å²) in [5.74, 6) is 2.37. The second-order valence-corrected chi connectivity index (χ2v) is 5.35. The Kier molecular flexibility index (Phi) is 3.99. The van der Waals surface area contributed by atoms with Gasteiger partial charge < -0.3 is 19.8 Å². The lowest BCUT2D eigenvalue weighted by atomic mass is 10.3. The molecular weight excluding hydrogens is 266 g/mol. The van der Waals surface area contributed by atoms with Crippen LogP contribution in [0.25, 0.3) is 0 Å². The van der Waals surface area contributed by atoms with E-state index in [1.807, 2.05) is 24.3 Å². The first kappa shape index (κ1) is 13.8. The summed E-state index contributed by atoms with van der Waals surface area (Å²) in [6.45, 7) is 3.41. The van der Waals surface area contributed by atoms with E-state index in [0.29, 0.717) is 24.2 Å². The molecule has 0 unspecified atom stereocenters. The first-order valence-corrected chi connectivity index (χ1v) is 7.46. The number of pyridine rings is 1. The van der Waals surface area contributed by atoms with Crippen LogP contribution >= 0.6 is 0 Å². The molecule has 2 aromatic rings. The Morgan fingerprint density at radius 2 is 2.24 bits per heavy atom. The van der Waals surface area contributed by atoms with Crippen LogP contribution in [0.5, 0.6) is 5.88 Å². The van der Waals surface area contributed by atoms with Crippen molar-refractivity contribution in [1.82, 2.24) is 4.98 Å². The van der Waals surface area contributed by atoms with Gasteiger partial charge in [-0.25, -0.2) is 0 Å². The van der Waals surface area contributed by atoms with Crippen molar-refractivity contribution >= 4 is 11.5 Å². The van der Waals surface area contributed by atoms with Gasteiger partial charge in [-0.1, -0.05) is 6.92 Å². The molecule has 5 heteroatoms. The van der Waals surface area contributed by atoms with Crippen molar-refractivity contribution in [2.45, 2.75) is 38.8 Å². The smallest absolute Gasteiger partial charge is 0.239 e. The normalized spacial score (nSPS) is 14.1. The third-order valence-corrected chi connectivity index (χ3v) is 3.51. The molecule has 112 valence electrons. The summed E-state index contributed by atoms with van der Waals surface area (Å²) in [5, 5.41) is 0. The van der Waals surface area contributed by atoms with Crippen LogP contribution in [0.15, 0.2) is 34.9 Å². The number of hydrogen-bond donors (Lipinski definition) is 1. The molecule has 1 fully saturated rings. The van der Waals surface area contributed by atoms with E-state index >= 15 is 0 Å². The molecule has 0 bridgehead atoms. The number of nitrogens with two attached hydrogens (primary N) is 1. The summed E-state index contributed by atoms with van der Waals surface area (Å²) in [4.78, 5) is 6.85.